The Labute approximate surface area is 144 Å². The normalized spacial score (nSPS) is 15.7. The molecule has 120 valence electrons. The number of hydrogen-bond acceptors (Lipinski definition) is 3. The van der Waals surface area contributed by atoms with Crippen molar-refractivity contribution < 1.29 is 4.79 Å². The molecule has 0 radical (unpaired) electrons. The number of piperidine rings is 1. The van der Waals surface area contributed by atoms with Crippen LogP contribution in [0.25, 0.3) is 0 Å². The largest absolute Gasteiger partial charge is 0.339 e. The molecule has 1 aromatic carbocycles. The topological polar surface area (TPSA) is 59.2 Å². The second-order valence-corrected chi connectivity index (χ2v) is 6.70. The van der Waals surface area contributed by atoms with Gasteiger partial charge in [0.15, 0.2) is 0 Å². The summed E-state index contributed by atoms with van der Waals surface area (Å²) in [6.45, 7) is 2.14. The van der Waals surface area contributed by atoms with Crippen molar-refractivity contribution in [2.75, 3.05) is 13.1 Å². The van der Waals surface area contributed by atoms with Gasteiger partial charge in [0.2, 0.25) is 0 Å². The first-order valence-electron chi connectivity index (χ1n) is 7.87. The molecule has 1 saturated heterocycles. The van der Waals surface area contributed by atoms with Gasteiger partial charge in [0, 0.05) is 25.8 Å². The SMILES string of the molecule is NCc1cccc(C2CCN(C(=O)c3ccc(Br)nc3)CC2)c1. The van der Waals surface area contributed by atoms with Gasteiger partial charge in [0.25, 0.3) is 5.91 Å². The Kier molecular flexibility index (Phi) is 5.08. The third-order valence-corrected chi connectivity index (χ3v) is 4.88. The molecule has 23 heavy (non-hydrogen) atoms. The number of rotatable bonds is 3. The maximum atomic E-state index is 12.5. The monoisotopic (exact) mass is 373 g/mol. The molecule has 2 heterocycles. The maximum Gasteiger partial charge on any atom is 0.255 e. The Morgan fingerprint density at radius 2 is 2.04 bits per heavy atom. The highest BCUT2D eigenvalue weighted by molar-refractivity contribution is 9.10. The van der Waals surface area contributed by atoms with Crippen LogP contribution in [0.4, 0.5) is 0 Å². The number of pyridine rings is 1. The Bertz CT molecular complexity index is 679. The van der Waals surface area contributed by atoms with Crippen LogP contribution in [0.2, 0.25) is 0 Å². The molecule has 2 N–H and O–H groups in total. The van der Waals surface area contributed by atoms with E-state index in [9.17, 15) is 4.79 Å². The van der Waals surface area contributed by atoms with Crippen molar-refractivity contribution >= 4 is 21.8 Å². The number of nitrogens with two attached hydrogens (primary N) is 1. The van der Waals surface area contributed by atoms with E-state index < -0.39 is 0 Å². The average Bonchev–Trinajstić information content (AvgIpc) is 2.62. The number of carbonyl (C=O) groups is 1. The van der Waals surface area contributed by atoms with Crippen molar-refractivity contribution in [3.05, 3.63) is 63.9 Å². The molecule has 3 rings (SSSR count). The minimum atomic E-state index is 0.0687. The molecule has 1 fully saturated rings. The van der Waals surface area contributed by atoms with Crippen molar-refractivity contribution in [3.8, 4) is 0 Å². The van der Waals surface area contributed by atoms with Crippen LogP contribution in [0.5, 0.6) is 0 Å². The summed E-state index contributed by atoms with van der Waals surface area (Å²) in [6, 6.07) is 12.1. The van der Waals surface area contributed by atoms with Gasteiger partial charge in [0.05, 0.1) is 5.56 Å². The van der Waals surface area contributed by atoms with Crippen molar-refractivity contribution in [2.24, 2.45) is 5.73 Å². The van der Waals surface area contributed by atoms with E-state index in [2.05, 4.69) is 45.2 Å². The smallest absolute Gasteiger partial charge is 0.255 e. The van der Waals surface area contributed by atoms with Crippen LogP contribution in [-0.2, 0) is 6.54 Å². The minimum absolute atomic E-state index is 0.0687. The van der Waals surface area contributed by atoms with Gasteiger partial charge in [-0.05, 0) is 57.9 Å². The van der Waals surface area contributed by atoms with E-state index in [0.717, 1.165) is 30.5 Å². The molecule has 1 aromatic heterocycles. The van der Waals surface area contributed by atoms with Crippen molar-refractivity contribution in [3.63, 3.8) is 0 Å². The summed E-state index contributed by atoms with van der Waals surface area (Å²) in [5.74, 6) is 0.577. The fraction of sp³-hybridized carbons (Fsp3) is 0.333. The Morgan fingerprint density at radius 1 is 1.26 bits per heavy atom. The van der Waals surface area contributed by atoms with E-state index in [4.69, 9.17) is 5.73 Å². The lowest BCUT2D eigenvalue weighted by Crippen LogP contribution is -2.38. The van der Waals surface area contributed by atoms with Gasteiger partial charge in [-0.2, -0.15) is 0 Å². The predicted molar refractivity (Wildman–Crippen MR) is 94.1 cm³/mol. The Hall–Kier alpha value is -1.72. The molecule has 5 heteroatoms. The summed E-state index contributed by atoms with van der Waals surface area (Å²) in [7, 11) is 0. The number of amides is 1. The van der Waals surface area contributed by atoms with Gasteiger partial charge < -0.3 is 10.6 Å². The highest BCUT2D eigenvalue weighted by Gasteiger charge is 2.24. The summed E-state index contributed by atoms with van der Waals surface area (Å²) in [6.07, 6.45) is 3.61. The fourth-order valence-electron chi connectivity index (χ4n) is 3.07. The predicted octanol–water partition coefficient (Wildman–Crippen LogP) is 3.32. The van der Waals surface area contributed by atoms with Crippen LogP contribution < -0.4 is 5.73 Å². The Morgan fingerprint density at radius 3 is 2.70 bits per heavy atom. The quantitative estimate of drug-likeness (QED) is 0.839. The number of likely N-dealkylation sites (tertiary alicyclic amines) is 1. The fourth-order valence-corrected chi connectivity index (χ4v) is 3.31. The summed E-state index contributed by atoms with van der Waals surface area (Å²) < 4.78 is 0.743. The summed E-state index contributed by atoms with van der Waals surface area (Å²) in [5.41, 5.74) is 8.88. The Balaban J connectivity index is 1.63. The van der Waals surface area contributed by atoms with Crippen molar-refractivity contribution in [2.45, 2.75) is 25.3 Å². The van der Waals surface area contributed by atoms with E-state index >= 15 is 0 Å². The molecule has 4 nitrogen and oxygen atoms in total. The zero-order chi connectivity index (χ0) is 16.2. The first-order chi connectivity index (χ1) is 11.2. The molecule has 1 amide bonds. The zero-order valence-corrected chi connectivity index (χ0v) is 14.5. The molecule has 1 aliphatic rings. The van der Waals surface area contributed by atoms with Crippen LogP contribution in [0.15, 0.2) is 47.2 Å². The molecular weight excluding hydrogens is 354 g/mol. The molecule has 0 spiro atoms. The zero-order valence-electron chi connectivity index (χ0n) is 12.9. The van der Waals surface area contributed by atoms with Crippen molar-refractivity contribution in [1.82, 2.24) is 9.88 Å². The van der Waals surface area contributed by atoms with Crippen LogP contribution in [-0.4, -0.2) is 28.9 Å². The molecule has 0 saturated carbocycles. The highest BCUT2D eigenvalue weighted by atomic mass is 79.9. The lowest BCUT2D eigenvalue weighted by atomic mass is 9.88. The second-order valence-electron chi connectivity index (χ2n) is 5.89. The van der Waals surface area contributed by atoms with Crippen LogP contribution in [0.3, 0.4) is 0 Å². The summed E-state index contributed by atoms with van der Waals surface area (Å²) in [4.78, 5) is 18.6. The van der Waals surface area contributed by atoms with E-state index in [-0.39, 0.29) is 5.91 Å². The molecule has 0 aliphatic carbocycles. The summed E-state index contributed by atoms with van der Waals surface area (Å²) >= 11 is 3.29. The number of nitrogens with zero attached hydrogens (tertiary/aromatic N) is 2. The molecule has 0 bridgehead atoms. The van der Waals surface area contributed by atoms with Crippen LogP contribution >= 0.6 is 15.9 Å². The van der Waals surface area contributed by atoms with Crippen LogP contribution in [0.1, 0.15) is 40.2 Å². The standard InChI is InChI=1S/C18H20BrN3O/c19-17-5-4-16(12-21-17)18(23)22-8-6-14(7-9-22)15-3-1-2-13(10-15)11-20/h1-5,10,12,14H,6-9,11,20H2. The molecular formula is C18H20BrN3O. The lowest BCUT2D eigenvalue weighted by Gasteiger charge is -2.32. The number of hydrogen-bond donors (Lipinski definition) is 1. The van der Waals surface area contributed by atoms with E-state index in [0.29, 0.717) is 18.0 Å². The first-order valence-corrected chi connectivity index (χ1v) is 8.66. The molecule has 1 aliphatic heterocycles. The molecule has 2 aromatic rings. The van der Waals surface area contributed by atoms with E-state index in [1.165, 1.54) is 11.1 Å². The van der Waals surface area contributed by atoms with Gasteiger partial charge in [0.1, 0.15) is 4.60 Å². The second kappa shape index (κ2) is 7.23. The van der Waals surface area contributed by atoms with Gasteiger partial charge in [-0.1, -0.05) is 24.3 Å². The minimum Gasteiger partial charge on any atom is -0.339 e. The lowest BCUT2D eigenvalue weighted by molar-refractivity contribution is 0.0712. The number of aromatic nitrogens is 1. The third kappa shape index (κ3) is 3.79. The third-order valence-electron chi connectivity index (χ3n) is 4.41. The maximum absolute atomic E-state index is 12.5. The van der Waals surface area contributed by atoms with Crippen molar-refractivity contribution in [1.29, 1.82) is 0 Å². The number of carbonyl (C=O) groups excluding carboxylic acids is 1. The first kappa shape index (κ1) is 16.1. The van der Waals surface area contributed by atoms with Gasteiger partial charge in [-0.15, -0.1) is 0 Å². The molecule has 0 atom stereocenters. The highest BCUT2D eigenvalue weighted by Crippen LogP contribution is 2.29. The van der Waals surface area contributed by atoms with Gasteiger partial charge in [-0.3, -0.25) is 4.79 Å². The average molecular weight is 374 g/mol. The molecule has 0 unspecified atom stereocenters. The number of benzene rings is 1. The van der Waals surface area contributed by atoms with Gasteiger partial charge in [-0.25, -0.2) is 4.98 Å². The van der Waals surface area contributed by atoms with Crippen LogP contribution in [0, 0.1) is 0 Å². The number of halogens is 1. The van der Waals surface area contributed by atoms with Gasteiger partial charge >= 0.3 is 0 Å². The summed E-state index contributed by atoms with van der Waals surface area (Å²) in [5, 5.41) is 0. The van der Waals surface area contributed by atoms with E-state index in [1.54, 1.807) is 12.3 Å². The van der Waals surface area contributed by atoms with E-state index in [1.807, 2.05) is 11.0 Å².